The molecule has 8 heteroatoms. The lowest BCUT2D eigenvalue weighted by molar-refractivity contribution is -0.0402. The van der Waals surface area contributed by atoms with E-state index in [1.165, 1.54) is 16.5 Å². The molecule has 6 nitrogen and oxygen atoms in total. The minimum atomic E-state index is -0.189. The molecule has 3 aromatic rings. The summed E-state index contributed by atoms with van der Waals surface area (Å²) in [6, 6.07) is 0. The Morgan fingerprint density at radius 1 is 1.20 bits per heavy atom. The maximum atomic E-state index is 6.17. The Hall–Kier alpha value is -1.48. The molecule has 4 rings (SSSR count). The number of nitrogens with one attached hydrogen (secondary N) is 1. The monoisotopic (exact) mass is 445 g/mol. The molecule has 30 heavy (non-hydrogen) atoms. The summed E-state index contributed by atoms with van der Waals surface area (Å²) in [7, 11) is 4.16. The number of hydrogen-bond acceptors (Lipinski definition) is 8. The van der Waals surface area contributed by atoms with Gasteiger partial charge in [0.15, 0.2) is 5.16 Å². The fourth-order valence-electron chi connectivity index (χ4n) is 3.97. The lowest BCUT2D eigenvalue weighted by atomic mass is 9.87. The van der Waals surface area contributed by atoms with Crippen LogP contribution in [0.5, 0.6) is 0 Å². The van der Waals surface area contributed by atoms with Crippen molar-refractivity contribution < 1.29 is 4.74 Å². The van der Waals surface area contributed by atoms with Gasteiger partial charge in [-0.2, -0.15) is 0 Å². The average Bonchev–Trinajstić information content (AvgIpc) is 3.04. The molecule has 0 unspecified atom stereocenters. The summed E-state index contributed by atoms with van der Waals surface area (Å²) in [5.41, 5.74) is 4.60. The predicted octanol–water partition coefficient (Wildman–Crippen LogP) is 4.91. The van der Waals surface area contributed by atoms with E-state index >= 15 is 0 Å². The summed E-state index contributed by atoms with van der Waals surface area (Å²) in [6.45, 7) is 11.2. The molecule has 0 radical (unpaired) electrons. The number of thiophene rings is 1. The molecule has 162 valence electrons. The van der Waals surface area contributed by atoms with Crippen molar-refractivity contribution in [2.24, 2.45) is 0 Å². The Morgan fingerprint density at radius 2 is 1.97 bits per heavy atom. The van der Waals surface area contributed by atoms with Crippen LogP contribution in [0.15, 0.2) is 5.16 Å². The van der Waals surface area contributed by atoms with Crippen LogP contribution in [0, 0.1) is 0 Å². The van der Waals surface area contributed by atoms with Gasteiger partial charge >= 0.3 is 0 Å². The molecule has 1 aliphatic rings. The summed E-state index contributed by atoms with van der Waals surface area (Å²) in [4.78, 5) is 18.1. The zero-order valence-electron chi connectivity index (χ0n) is 18.9. The first-order chi connectivity index (χ1) is 14.2. The number of thioether (sulfide) groups is 1. The van der Waals surface area contributed by atoms with Gasteiger partial charge < -0.3 is 15.0 Å². The molecule has 4 heterocycles. The number of aromatic nitrogens is 3. The largest absolute Gasteiger partial charge is 0.370 e. The van der Waals surface area contributed by atoms with Gasteiger partial charge in [0.05, 0.1) is 28.1 Å². The first kappa shape index (κ1) is 21.7. The number of pyridine rings is 1. The smallest absolute Gasteiger partial charge is 0.189 e. The van der Waals surface area contributed by atoms with Crippen molar-refractivity contribution in [1.29, 1.82) is 0 Å². The number of nitrogens with zero attached hydrogens (tertiary/aromatic N) is 4. The first-order valence-corrected chi connectivity index (χ1v) is 12.5. The first-order valence-electron chi connectivity index (χ1n) is 10.4. The van der Waals surface area contributed by atoms with E-state index in [0.29, 0.717) is 12.5 Å². The highest BCUT2D eigenvalue weighted by atomic mass is 32.2. The van der Waals surface area contributed by atoms with Crippen LogP contribution >= 0.6 is 23.1 Å². The molecular weight excluding hydrogens is 414 g/mol. The van der Waals surface area contributed by atoms with Crippen LogP contribution in [0.2, 0.25) is 0 Å². The van der Waals surface area contributed by atoms with Crippen LogP contribution in [0.3, 0.4) is 0 Å². The molecule has 0 saturated carbocycles. The highest BCUT2D eigenvalue weighted by molar-refractivity contribution is 7.98. The van der Waals surface area contributed by atoms with Crippen molar-refractivity contribution in [1.82, 2.24) is 19.9 Å². The molecule has 0 saturated heterocycles. The van der Waals surface area contributed by atoms with E-state index in [1.807, 2.05) is 6.26 Å². The lowest BCUT2D eigenvalue weighted by Gasteiger charge is -2.33. The minimum absolute atomic E-state index is 0.189. The third-order valence-electron chi connectivity index (χ3n) is 5.48. The maximum Gasteiger partial charge on any atom is 0.189 e. The Kier molecular flexibility index (Phi) is 5.96. The van der Waals surface area contributed by atoms with Crippen LogP contribution in [0.4, 0.5) is 5.82 Å². The zero-order chi connectivity index (χ0) is 21.6. The molecule has 3 aromatic heterocycles. The number of likely N-dealkylation sites (N-methyl/N-ethyl adjacent to an activating group) is 1. The molecule has 0 amide bonds. The molecule has 0 fully saturated rings. The van der Waals surface area contributed by atoms with E-state index in [4.69, 9.17) is 19.7 Å². The molecule has 1 N–H and O–H groups in total. The predicted molar refractivity (Wildman–Crippen MR) is 128 cm³/mol. The fourth-order valence-corrected chi connectivity index (χ4v) is 5.45. The van der Waals surface area contributed by atoms with Crippen molar-refractivity contribution >= 4 is 49.3 Å². The summed E-state index contributed by atoms with van der Waals surface area (Å²) >= 11 is 3.29. The van der Waals surface area contributed by atoms with Gasteiger partial charge in [0.25, 0.3) is 0 Å². The van der Waals surface area contributed by atoms with E-state index in [2.05, 4.69) is 52.0 Å². The second-order valence-electron chi connectivity index (χ2n) is 9.08. The van der Waals surface area contributed by atoms with Gasteiger partial charge in [0, 0.05) is 30.5 Å². The van der Waals surface area contributed by atoms with Crippen LogP contribution in [-0.4, -0.2) is 58.9 Å². The molecular formula is C22H31N5OS2. The molecule has 0 atom stereocenters. The van der Waals surface area contributed by atoms with Crippen molar-refractivity contribution in [3.05, 3.63) is 16.8 Å². The number of fused-ring (bicyclic) bond motifs is 5. The zero-order valence-corrected chi connectivity index (χ0v) is 20.6. The SMILES string of the molecule is CSc1nc(NCCN(C)C)c2sc3nc(C(C)C)c4c(c3c2n1)CC(C)(C)OC4. The third-order valence-corrected chi connectivity index (χ3v) is 7.11. The summed E-state index contributed by atoms with van der Waals surface area (Å²) in [5.74, 6) is 1.27. The molecule has 0 aliphatic carbocycles. The van der Waals surface area contributed by atoms with Crippen molar-refractivity contribution in [3.8, 4) is 0 Å². The van der Waals surface area contributed by atoms with E-state index < -0.39 is 0 Å². The number of hydrogen-bond donors (Lipinski definition) is 1. The molecule has 0 spiro atoms. The number of anilines is 1. The lowest BCUT2D eigenvalue weighted by Crippen LogP contribution is -2.32. The summed E-state index contributed by atoms with van der Waals surface area (Å²) in [5, 5.41) is 5.53. The third kappa shape index (κ3) is 4.02. The summed E-state index contributed by atoms with van der Waals surface area (Å²) < 4.78 is 7.27. The Balaban J connectivity index is 1.97. The Bertz CT molecular complexity index is 1090. The molecule has 0 bridgehead atoms. The van der Waals surface area contributed by atoms with E-state index in [1.54, 1.807) is 23.1 Å². The van der Waals surface area contributed by atoms with Gasteiger partial charge in [0.2, 0.25) is 0 Å². The van der Waals surface area contributed by atoms with Gasteiger partial charge in [-0.3, -0.25) is 0 Å². The van der Waals surface area contributed by atoms with Crippen LogP contribution < -0.4 is 5.32 Å². The van der Waals surface area contributed by atoms with Gasteiger partial charge in [-0.15, -0.1) is 11.3 Å². The van der Waals surface area contributed by atoms with Crippen LogP contribution in [0.1, 0.15) is 50.4 Å². The van der Waals surface area contributed by atoms with Crippen molar-refractivity contribution in [2.75, 3.05) is 38.8 Å². The van der Waals surface area contributed by atoms with Gasteiger partial charge in [-0.05, 0) is 45.7 Å². The average molecular weight is 446 g/mol. The van der Waals surface area contributed by atoms with E-state index in [0.717, 1.165) is 51.2 Å². The Labute approximate surface area is 186 Å². The quantitative estimate of drug-likeness (QED) is 0.427. The second-order valence-corrected chi connectivity index (χ2v) is 10.9. The highest BCUT2D eigenvalue weighted by Crippen LogP contribution is 2.43. The second kappa shape index (κ2) is 8.22. The van der Waals surface area contributed by atoms with Crippen molar-refractivity contribution in [2.45, 2.75) is 57.4 Å². The normalized spacial score (nSPS) is 16.0. The Morgan fingerprint density at radius 3 is 2.63 bits per heavy atom. The number of ether oxygens (including phenoxy) is 1. The minimum Gasteiger partial charge on any atom is -0.370 e. The molecule has 0 aromatic carbocycles. The number of rotatable bonds is 6. The topological polar surface area (TPSA) is 63.2 Å². The van der Waals surface area contributed by atoms with E-state index in [-0.39, 0.29) is 5.60 Å². The van der Waals surface area contributed by atoms with Gasteiger partial charge in [-0.25, -0.2) is 15.0 Å². The van der Waals surface area contributed by atoms with Crippen LogP contribution in [0.25, 0.3) is 20.4 Å². The van der Waals surface area contributed by atoms with Crippen molar-refractivity contribution in [3.63, 3.8) is 0 Å². The van der Waals surface area contributed by atoms with Crippen LogP contribution in [-0.2, 0) is 17.8 Å². The molecule has 1 aliphatic heterocycles. The fraction of sp³-hybridized carbons (Fsp3) is 0.591. The van der Waals surface area contributed by atoms with E-state index in [9.17, 15) is 0 Å². The van der Waals surface area contributed by atoms with Gasteiger partial charge in [-0.1, -0.05) is 25.6 Å². The maximum absolute atomic E-state index is 6.17. The van der Waals surface area contributed by atoms with Gasteiger partial charge in [0.1, 0.15) is 10.6 Å². The standard InChI is InChI=1S/C22H31N5OS2/c1-12(2)16-14-11-28-22(3,4)10-13(14)15-17-18(30-20(15)24-16)19(23-8-9-27(5)6)26-21(25-17)29-7/h12H,8-11H2,1-7H3,(H,23,25,26). The highest BCUT2D eigenvalue weighted by Gasteiger charge is 2.32. The summed E-state index contributed by atoms with van der Waals surface area (Å²) in [6.07, 6.45) is 2.90.